The fourth-order valence-electron chi connectivity index (χ4n) is 4.90. The first-order valence-electron chi connectivity index (χ1n) is 10.7. The summed E-state index contributed by atoms with van der Waals surface area (Å²) in [6.45, 7) is 7.30. The summed E-state index contributed by atoms with van der Waals surface area (Å²) in [4.78, 5) is 13.7. The number of Topliss-reactive ketones (excluding diaryl/α,β-unsaturated/α-hetero) is 1. The summed E-state index contributed by atoms with van der Waals surface area (Å²) in [5.41, 5.74) is -0.00310. The molecule has 0 amide bonds. The number of carbonyl (C=O) groups excluding carboxylic acids is 1. The van der Waals surface area contributed by atoms with E-state index in [4.69, 9.17) is 9.47 Å². The van der Waals surface area contributed by atoms with E-state index in [1.54, 1.807) is 0 Å². The van der Waals surface area contributed by atoms with E-state index in [2.05, 4.69) is 32.9 Å². The van der Waals surface area contributed by atoms with Crippen LogP contribution in [0.15, 0.2) is 66.7 Å². The summed E-state index contributed by atoms with van der Waals surface area (Å²) < 4.78 is 12.3. The lowest BCUT2D eigenvalue weighted by molar-refractivity contribution is -0.0496. The van der Waals surface area contributed by atoms with Crippen molar-refractivity contribution >= 4 is 5.78 Å². The van der Waals surface area contributed by atoms with Crippen LogP contribution in [-0.4, -0.2) is 18.0 Å². The van der Waals surface area contributed by atoms with E-state index in [0.29, 0.717) is 18.1 Å². The van der Waals surface area contributed by atoms with Crippen LogP contribution in [0.2, 0.25) is 0 Å². The lowest BCUT2D eigenvalue weighted by Crippen LogP contribution is -2.47. The maximum atomic E-state index is 13.7. The van der Waals surface area contributed by atoms with Crippen molar-refractivity contribution in [2.75, 3.05) is 6.61 Å². The summed E-state index contributed by atoms with van der Waals surface area (Å²) in [5.74, 6) is 2.11. The monoisotopic (exact) mass is 390 g/mol. The van der Waals surface area contributed by atoms with E-state index in [1.807, 2.05) is 54.6 Å². The number of rotatable bonds is 8. The van der Waals surface area contributed by atoms with Crippen LogP contribution in [0.25, 0.3) is 0 Å². The Labute approximate surface area is 173 Å². The third kappa shape index (κ3) is 3.53. The van der Waals surface area contributed by atoms with Crippen LogP contribution in [0, 0.1) is 17.3 Å². The quantitative estimate of drug-likeness (QED) is 0.295. The fourth-order valence-corrected chi connectivity index (χ4v) is 4.90. The molecule has 2 aliphatic rings. The smallest absolute Gasteiger partial charge is 0.195 e. The van der Waals surface area contributed by atoms with Gasteiger partial charge in [-0.25, -0.2) is 0 Å². The van der Waals surface area contributed by atoms with Crippen LogP contribution in [0.3, 0.4) is 0 Å². The summed E-state index contributed by atoms with van der Waals surface area (Å²) in [7, 11) is 0. The number of hydrogen-bond acceptors (Lipinski definition) is 3. The first-order valence-corrected chi connectivity index (χ1v) is 10.7. The van der Waals surface area contributed by atoms with Crippen molar-refractivity contribution < 1.29 is 14.3 Å². The highest BCUT2D eigenvalue weighted by atomic mass is 16.5. The molecule has 1 saturated carbocycles. The molecule has 0 heterocycles. The number of carbonyl (C=O) groups is 1. The lowest BCUT2D eigenvalue weighted by Gasteiger charge is -2.36. The number of hydrogen-bond donors (Lipinski definition) is 0. The molecule has 1 fully saturated rings. The Bertz CT molecular complexity index is 882. The molecule has 2 aromatic rings. The average Bonchev–Trinajstić information content (AvgIpc) is 3.14. The van der Waals surface area contributed by atoms with Gasteiger partial charge in [-0.1, -0.05) is 57.5 Å². The molecule has 4 rings (SSSR count). The predicted molar refractivity (Wildman–Crippen MR) is 115 cm³/mol. The van der Waals surface area contributed by atoms with Crippen LogP contribution < -0.4 is 4.74 Å². The van der Waals surface area contributed by atoms with Gasteiger partial charge in [0.2, 0.25) is 0 Å². The molecule has 3 unspecified atom stereocenters. The Morgan fingerprint density at radius 2 is 1.69 bits per heavy atom. The Balaban J connectivity index is 1.57. The van der Waals surface area contributed by atoms with Gasteiger partial charge in [-0.15, -0.1) is 0 Å². The summed E-state index contributed by atoms with van der Waals surface area (Å²) in [6.07, 6.45) is 7.29. The lowest BCUT2D eigenvalue weighted by atomic mass is 9.75. The highest BCUT2D eigenvalue weighted by Gasteiger charge is 2.63. The normalized spacial score (nSPS) is 26.6. The molecule has 2 aromatic carbocycles. The zero-order chi connectivity index (χ0) is 20.5. The van der Waals surface area contributed by atoms with E-state index in [9.17, 15) is 4.79 Å². The van der Waals surface area contributed by atoms with Crippen LogP contribution in [0.1, 0.15) is 50.4 Å². The first kappa shape index (κ1) is 19.9. The second-order valence-electron chi connectivity index (χ2n) is 8.85. The number of ketones is 1. The van der Waals surface area contributed by atoms with Gasteiger partial charge in [0.05, 0.1) is 0 Å². The van der Waals surface area contributed by atoms with Crippen molar-refractivity contribution in [1.29, 1.82) is 0 Å². The second-order valence-corrected chi connectivity index (χ2v) is 8.85. The zero-order valence-electron chi connectivity index (χ0n) is 17.6. The molecule has 0 radical (unpaired) electrons. The number of ether oxygens (including phenoxy) is 2. The van der Waals surface area contributed by atoms with Gasteiger partial charge in [-0.2, -0.15) is 0 Å². The number of benzene rings is 2. The molecule has 0 spiro atoms. The number of unbranched alkanes of at least 4 members (excludes halogenated alkanes) is 1. The van der Waals surface area contributed by atoms with Gasteiger partial charge in [0, 0.05) is 18.1 Å². The van der Waals surface area contributed by atoms with E-state index >= 15 is 0 Å². The van der Waals surface area contributed by atoms with Gasteiger partial charge < -0.3 is 9.47 Å². The van der Waals surface area contributed by atoms with Crippen molar-refractivity contribution in [2.24, 2.45) is 17.3 Å². The minimum Gasteiger partial charge on any atom is -0.457 e. The highest BCUT2D eigenvalue weighted by molar-refractivity contribution is 6.03. The molecule has 152 valence electrons. The van der Waals surface area contributed by atoms with Gasteiger partial charge in [0.1, 0.15) is 17.1 Å². The summed E-state index contributed by atoms with van der Waals surface area (Å²) in [6, 6.07) is 17.1. The first-order chi connectivity index (χ1) is 14.0. The molecule has 3 heteroatoms. The Morgan fingerprint density at radius 3 is 2.28 bits per heavy atom. The maximum Gasteiger partial charge on any atom is 0.195 e. The molecular weight excluding hydrogens is 360 g/mol. The van der Waals surface area contributed by atoms with Crippen molar-refractivity contribution in [3.8, 4) is 11.5 Å². The summed E-state index contributed by atoms with van der Waals surface area (Å²) in [5, 5.41) is 0. The molecular formula is C26H30O3. The van der Waals surface area contributed by atoms with Crippen LogP contribution in [0.4, 0.5) is 0 Å². The Morgan fingerprint density at radius 1 is 1.00 bits per heavy atom. The van der Waals surface area contributed by atoms with Crippen molar-refractivity contribution in [1.82, 2.24) is 0 Å². The van der Waals surface area contributed by atoms with Crippen molar-refractivity contribution in [2.45, 2.75) is 45.6 Å². The fraction of sp³-hybridized carbons (Fsp3) is 0.423. The van der Waals surface area contributed by atoms with Crippen LogP contribution >= 0.6 is 0 Å². The molecule has 0 aromatic heterocycles. The Kier molecular flexibility index (Phi) is 5.35. The molecule has 3 nitrogen and oxygen atoms in total. The standard InChI is InChI=1S/C26H30O3/c1-4-5-17-28-26(18-20-13-16-23(26)25(20,2)3)24(27)19-11-14-22(15-12-19)29-21-9-7-6-8-10-21/h6-16,20,23H,4-5,17-18H2,1-3H3. The molecule has 29 heavy (non-hydrogen) atoms. The SMILES string of the molecule is CCCCOC1(C(=O)c2ccc(Oc3ccccc3)cc2)CC2C=CC1C2(C)C. The predicted octanol–water partition coefficient (Wildman–Crippen LogP) is 6.45. The minimum atomic E-state index is -0.750. The van der Waals surface area contributed by atoms with E-state index in [1.165, 1.54) is 0 Å². The van der Waals surface area contributed by atoms with Gasteiger partial charge >= 0.3 is 0 Å². The number of para-hydroxylation sites is 1. The largest absolute Gasteiger partial charge is 0.457 e. The molecule has 0 aliphatic heterocycles. The van der Waals surface area contributed by atoms with E-state index in [-0.39, 0.29) is 17.1 Å². The molecule has 0 N–H and O–H groups in total. The van der Waals surface area contributed by atoms with Crippen LogP contribution in [0.5, 0.6) is 11.5 Å². The minimum absolute atomic E-state index is 0.0538. The molecule has 0 saturated heterocycles. The van der Waals surface area contributed by atoms with Gasteiger partial charge in [0.15, 0.2) is 5.78 Å². The second kappa shape index (κ2) is 7.79. The van der Waals surface area contributed by atoms with E-state index < -0.39 is 5.60 Å². The van der Waals surface area contributed by atoms with Crippen molar-refractivity contribution in [3.63, 3.8) is 0 Å². The number of allylic oxidation sites excluding steroid dienone is 1. The third-order valence-corrected chi connectivity index (χ3v) is 6.66. The van der Waals surface area contributed by atoms with Gasteiger partial charge in [0.25, 0.3) is 0 Å². The zero-order valence-corrected chi connectivity index (χ0v) is 17.6. The summed E-state index contributed by atoms with van der Waals surface area (Å²) >= 11 is 0. The Hall–Kier alpha value is -2.39. The highest BCUT2D eigenvalue weighted by Crippen LogP contribution is 2.60. The third-order valence-electron chi connectivity index (χ3n) is 6.66. The topological polar surface area (TPSA) is 35.5 Å². The van der Waals surface area contributed by atoms with E-state index in [0.717, 1.165) is 30.8 Å². The molecule has 3 atom stereocenters. The van der Waals surface area contributed by atoms with Crippen molar-refractivity contribution in [3.05, 3.63) is 72.3 Å². The maximum absolute atomic E-state index is 13.7. The average molecular weight is 391 g/mol. The molecule has 2 aliphatic carbocycles. The van der Waals surface area contributed by atoms with Crippen LogP contribution in [-0.2, 0) is 4.74 Å². The molecule has 2 bridgehead atoms. The van der Waals surface area contributed by atoms with Gasteiger partial charge in [-0.3, -0.25) is 4.79 Å². The number of fused-ring (bicyclic) bond motifs is 2. The van der Waals surface area contributed by atoms with Gasteiger partial charge in [-0.05, 0) is 60.6 Å².